The normalized spacial score (nSPS) is 19.2. The van der Waals surface area contributed by atoms with Gasteiger partial charge in [0, 0.05) is 36.3 Å². The highest BCUT2D eigenvalue weighted by Gasteiger charge is 2.29. The van der Waals surface area contributed by atoms with Crippen LogP contribution in [0.1, 0.15) is 56.3 Å². The van der Waals surface area contributed by atoms with Crippen molar-refractivity contribution < 1.29 is 9.13 Å². The van der Waals surface area contributed by atoms with Crippen molar-refractivity contribution >= 4 is 28.6 Å². The van der Waals surface area contributed by atoms with E-state index in [2.05, 4.69) is 15.3 Å². The summed E-state index contributed by atoms with van der Waals surface area (Å²) in [6, 6.07) is 12.9. The summed E-state index contributed by atoms with van der Waals surface area (Å²) in [6.07, 6.45) is 6.51. The topological polar surface area (TPSA) is 174 Å². The molecule has 234 valence electrons. The number of H-pyrrole nitrogens is 1. The van der Waals surface area contributed by atoms with Crippen LogP contribution in [0, 0.1) is 17.1 Å². The summed E-state index contributed by atoms with van der Waals surface area (Å²) in [7, 11) is 0. The lowest BCUT2D eigenvalue weighted by Crippen LogP contribution is -2.36. The summed E-state index contributed by atoms with van der Waals surface area (Å²) in [5.41, 5.74) is 20.5. The second kappa shape index (κ2) is 13.9. The maximum Gasteiger partial charge on any atom is 0.354 e. The Kier molecular flexibility index (Phi) is 10.00. The van der Waals surface area contributed by atoms with E-state index in [1.54, 1.807) is 24.4 Å². The number of nitrogens with two attached hydrogens (primary N) is 3. The van der Waals surface area contributed by atoms with Crippen LogP contribution in [-0.2, 0) is 11.2 Å². The highest BCUT2D eigenvalue weighted by atomic mass is 35.5. The van der Waals surface area contributed by atoms with E-state index >= 15 is 4.39 Å². The lowest BCUT2D eigenvalue weighted by Gasteiger charge is -2.35. The molecular weight excluding hydrogens is 583 g/mol. The van der Waals surface area contributed by atoms with Crippen molar-refractivity contribution in [2.24, 2.45) is 23.1 Å². The monoisotopic (exact) mass is 622 g/mol. The molecule has 1 aliphatic rings. The number of nitrogens with one attached hydrogen (secondary N) is 3. The van der Waals surface area contributed by atoms with Crippen LogP contribution in [0.5, 0.6) is 0 Å². The van der Waals surface area contributed by atoms with Gasteiger partial charge in [0.05, 0.1) is 28.6 Å². The summed E-state index contributed by atoms with van der Waals surface area (Å²) in [5, 5.41) is 11.0. The van der Waals surface area contributed by atoms with Crippen molar-refractivity contribution in [2.45, 2.75) is 63.7 Å². The number of fused-ring (bicyclic) bond motifs is 1. The number of aromatic amines is 1. The predicted octanol–water partition coefficient (Wildman–Crippen LogP) is 4.51. The van der Waals surface area contributed by atoms with Gasteiger partial charge in [-0.25, -0.2) is 9.18 Å². The number of rotatable bonds is 11. The first-order valence-electron chi connectivity index (χ1n) is 15.0. The van der Waals surface area contributed by atoms with Crippen LogP contribution in [0.4, 0.5) is 4.39 Å². The number of ether oxygens (including phenoxy) is 1. The molecule has 2 aromatic heterocycles. The Hall–Kier alpha value is -3.77. The van der Waals surface area contributed by atoms with Crippen LogP contribution in [-0.4, -0.2) is 45.7 Å². The van der Waals surface area contributed by atoms with Gasteiger partial charge in [-0.05, 0) is 92.8 Å². The van der Waals surface area contributed by atoms with Gasteiger partial charge in [-0.3, -0.25) is 9.98 Å². The number of aromatic nitrogens is 3. The average molecular weight is 623 g/mol. The fourth-order valence-electron chi connectivity index (χ4n) is 5.92. The summed E-state index contributed by atoms with van der Waals surface area (Å²) in [5.74, 6) is -0.187. The Morgan fingerprint density at radius 1 is 1.27 bits per heavy atom. The number of hydrogen-bond acceptors (Lipinski definition) is 6. The number of nitrogens with zero attached hydrogens (tertiary/aromatic N) is 2. The zero-order chi connectivity index (χ0) is 31.4. The van der Waals surface area contributed by atoms with Crippen molar-refractivity contribution in [3.63, 3.8) is 0 Å². The molecule has 4 aromatic rings. The number of halogens is 2. The second-order valence-electron chi connectivity index (χ2n) is 11.7. The highest BCUT2D eigenvalue weighted by molar-refractivity contribution is 6.31. The summed E-state index contributed by atoms with van der Waals surface area (Å²) >= 11 is 6.25. The van der Waals surface area contributed by atoms with Crippen LogP contribution in [0.15, 0.2) is 53.5 Å². The molecule has 10 nitrogen and oxygen atoms in total. The lowest BCUT2D eigenvalue weighted by molar-refractivity contribution is -0.0691. The smallest absolute Gasteiger partial charge is 0.354 e. The molecule has 12 heteroatoms. The largest absolute Gasteiger partial charge is 0.370 e. The molecule has 0 bridgehead atoms. The Labute approximate surface area is 260 Å². The quantitative estimate of drug-likeness (QED) is 0.105. The molecular formula is C32H40ClFN8O2. The number of hydrogen-bond donors (Lipinski definition) is 6. The van der Waals surface area contributed by atoms with Gasteiger partial charge in [0.1, 0.15) is 5.65 Å². The maximum absolute atomic E-state index is 15.1. The molecule has 2 aromatic carbocycles. The number of guanidine groups is 1. The average Bonchev–Trinajstić information content (AvgIpc) is 3.40. The summed E-state index contributed by atoms with van der Waals surface area (Å²) in [4.78, 5) is 20.4. The van der Waals surface area contributed by atoms with Gasteiger partial charge in [-0.1, -0.05) is 23.7 Å². The van der Waals surface area contributed by atoms with Gasteiger partial charge in [0.15, 0.2) is 11.8 Å². The molecule has 0 saturated carbocycles. The van der Waals surface area contributed by atoms with E-state index in [1.165, 1.54) is 4.57 Å². The standard InChI is InChI=1S/C32H40ClFN8O2/c1-18(36)3-2-4-19-12-25(29(34)26(33)13-19)27-15-22-17-42(32(43)41-30(22)40-27)23-7-5-21(6-8-23)28-14-20(9-10-39-31(37)38)11-24(16-35)44-28/h5-8,12-13,15,17-18,20,24,28H,2-4,9-11,14,16,35-36H2,1H3,(H4,37,38,39)(H,40,41,43)/t18-,20+,24+,28+/m0/s1. The van der Waals surface area contributed by atoms with E-state index in [0.717, 1.165) is 49.7 Å². The van der Waals surface area contributed by atoms with E-state index in [4.69, 9.17) is 38.9 Å². The summed E-state index contributed by atoms with van der Waals surface area (Å²) in [6.45, 7) is 3.02. The van der Waals surface area contributed by atoms with Crippen molar-refractivity contribution in [1.29, 1.82) is 5.41 Å². The van der Waals surface area contributed by atoms with E-state index in [-0.39, 0.29) is 29.2 Å². The van der Waals surface area contributed by atoms with Crippen molar-refractivity contribution in [3.05, 3.63) is 81.1 Å². The van der Waals surface area contributed by atoms with E-state index in [1.807, 2.05) is 31.2 Å². The first-order valence-corrected chi connectivity index (χ1v) is 15.4. The number of aryl methyl sites for hydroxylation is 1. The van der Waals surface area contributed by atoms with E-state index < -0.39 is 11.5 Å². The van der Waals surface area contributed by atoms with Crippen molar-refractivity contribution in [3.8, 4) is 16.9 Å². The third kappa shape index (κ3) is 7.47. The van der Waals surface area contributed by atoms with Gasteiger partial charge in [0.2, 0.25) is 0 Å². The van der Waals surface area contributed by atoms with Crippen LogP contribution in [0.25, 0.3) is 28.0 Å². The lowest BCUT2D eigenvalue weighted by atomic mass is 9.86. The molecule has 9 N–H and O–H groups in total. The fourth-order valence-corrected chi connectivity index (χ4v) is 6.16. The van der Waals surface area contributed by atoms with Crippen molar-refractivity contribution in [2.75, 3.05) is 13.1 Å². The first-order chi connectivity index (χ1) is 21.1. The van der Waals surface area contributed by atoms with Gasteiger partial charge in [-0.2, -0.15) is 4.98 Å². The molecule has 44 heavy (non-hydrogen) atoms. The Balaban J connectivity index is 1.36. The van der Waals surface area contributed by atoms with Gasteiger partial charge < -0.3 is 32.2 Å². The molecule has 0 aliphatic carbocycles. The van der Waals surface area contributed by atoms with Gasteiger partial charge >= 0.3 is 5.69 Å². The molecule has 1 fully saturated rings. The Bertz CT molecular complexity index is 1670. The maximum atomic E-state index is 15.1. The number of benzene rings is 2. The van der Waals surface area contributed by atoms with Gasteiger partial charge in [-0.15, -0.1) is 0 Å². The molecule has 5 rings (SSSR count). The zero-order valence-electron chi connectivity index (χ0n) is 24.8. The first kappa shape index (κ1) is 31.6. The Morgan fingerprint density at radius 3 is 2.75 bits per heavy atom. The van der Waals surface area contributed by atoms with Crippen LogP contribution < -0.4 is 28.2 Å². The summed E-state index contributed by atoms with van der Waals surface area (Å²) < 4.78 is 22.9. The molecule has 1 aliphatic heterocycles. The zero-order valence-corrected chi connectivity index (χ0v) is 25.5. The molecule has 0 spiro atoms. The molecule has 0 amide bonds. The molecule has 4 atom stereocenters. The van der Waals surface area contributed by atoms with Crippen LogP contribution in [0.3, 0.4) is 0 Å². The Morgan fingerprint density at radius 2 is 2.05 bits per heavy atom. The molecule has 0 unspecified atom stereocenters. The van der Waals surface area contributed by atoms with E-state index in [9.17, 15) is 4.79 Å². The fraction of sp³-hybridized carbons (Fsp3) is 0.406. The minimum atomic E-state index is -0.529. The molecule has 0 radical (unpaired) electrons. The predicted molar refractivity (Wildman–Crippen MR) is 173 cm³/mol. The molecule has 3 heterocycles. The third-order valence-electron chi connectivity index (χ3n) is 8.19. The van der Waals surface area contributed by atoms with Crippen LogP contribution >= 0.6 is 11.6 Å². The minimum Gasteiger partial charge on any atom is -0.370 e. The highest BCUT2D eigenvalue weighted by Crippen LogP contribution is 2.36. The molecule has 1 saturated heterocycles. The van der Waals surface area contributed by atoms with Crippen molar-refractivity contribution in [1.82, 2.24) is 19.9 Å². The van der Waals surface area contributed by atoms with Crippen LogP contribution in [0.2, 0.25) is 5.02 Å². The second-order valence-corrected chi connectivity index (χ2v) is 12.1. The third-order valence-corrected chi connectivity index (χ3v) is 8.46. The SMILES string of the molecule is C[C@H](N)CCCc1cc(Cl)c(F)c(-c2cc3cn(-c4ccc([C@H]5C[C@H](CCNC(=N)N)C[C@H](CN)O5)cc4)c(=O)nc3[nH]2)c1. The van der Waals surface area contributed by atoms with E-state index in [0.29, 0.717) is 47.0 Å². The minimum absolute atomic E-state index is 0.0344. The van der Waals surface area contributed by atoms with Gasteiger partial charge in [0.25, 0.3) is 0 Å².